The smallest absolute Gasteiger partial charge is 0.311 e. The van der Waals surface area contributed by atoms with Gasteiger partial charge in [-0.05, 0) is 122 Å². The summed E-state index contributed by atoms with van der Waals surface area (Å²) in [6.07, 6.45) is -5.75. The van der Waals surface area contributed by atoms with E-state index in [9.17, 15) is 30.0 Å². The van der Waals surface area contributed by atoms with Gasteiger partial charge in [-0.3, -0.25) is 14.6 Å². The largest absolute Gasteiger partial charge is 0.494 e. The van der Waals surface area contributed by atoms with Crippen LogP contribution in [-0.2, 0) is 55.7 Å². The lowest BCUT2D eigenvalue weighted by molar-refractivity contribution is -0.319. The van der Waals surface area contributed by atoms with Crippen molar-refractivity contribution < 1.29 is 67.9 Å². The number of para-hydroxylation sites is 1. The number of carbonyl (C=O) groups excluding carboxylic acids is 2. The zero-order valence-electron chi connectivity index (χ0n) is 46.6. The van der Waals surface area contributed by atoms with Crippen LogP contribution in [0.25, 0.3) is 10.9 Å². The highest BCUT2D eigenvalue weighted by atomic mass is 16.7. The molecule has 1 aromatic heterocycles. The fourth-order valence-electron chi connectivity index (χ4n) is 12.3. The van der Waals surface area contributed by atoms with E-state index in [0.29, 0.717) is 26.0 Å². The van der Waals surface area contributed by atoms with Crippen LogP contribution >= 0.6 is 0 Å². The Hall–Kier alpha value is -3.85. The molecular formula is C58H87N3O14. The molecule has 0 spiro atoms. The molecule has 17 heteroatoms. The molecule has 3 fully saturated rings. The van der Waals surface area contributed by atoms with Crippen LogP contribution in [0.5, 0.6) is 5.75 Å². The van der Waals surface area contributed by atoms with Gasteiger partial charge in [-0.25, -0.2) is 0 Å². The van der Waals surface area contributed by atoms with Crippen molar-refractivity contribution in [2.75, 3.05) is 45.9 Å². The van der Waals surface area contributed by atoms with Crippen molar-refractivity contribution in [2.45, 2.75) is 199 Å². The fraction of sp³-hybridized carbons (Fsp3) is 0.707. The lowest BCUT2D eigenvalue weighted by atomic mass is 9.74. The first-order valence-corrected chi connectivity index (χ1v) is 27.2. The van der Waals surface area contributed by atoms with Crippen LogP contribution in [0.2, 0.25) is 0 Å². The Kier molecular flexibility index (Phi) is 19.2. The number of ether oxygens (including phenoxy) is 8. The number of aliphatic hydroxyl groups is 4. The third-order valence-corrected chi connectivity index (χ3v) is 17.2. The molecule has 0 amide bonds. The molecule has 0 aliphatic carbocycles. The van der Waals surface area contributed by atoms with E-state index in [1.54, 1.807) is 41.5 Å². The van der Waals surface area contributed by atoms with Gasteiger partial charge >= 0.3 is 5.97 Å². The predicted octanol–water partition coefficient (Wildman–Crippen LogP) is 6.39. The van der Waals surface area contributed by atoms with Crippen molar-refractivity contribution in [3.8, 4) is 5.75 Å². The first-order chi connectivity index (χ1) is 35.4. The molecule has 1 unspecified atom stereocenters. The molecule has 4 aliphatic rings. The number of esters is 1. The monoisotopic (exact) mass is 1050 g/mol. The Balaban J connectivity index is 1.10. The number of pyridine rings is 1. The lowest BCUT2D eigenvalue weighted by Crippen LogP contribution is -2.61. The second-order valence-corrected chi connectivity index (χ2v) is 22.8. The highest BCUT2D eigenvalue weighted by Crippen LogP contribution is 2.42. The number of methoxy groups -OCH3 is 2. The normalized spacial score (nSPS) is 38.3. The predicted molar refractivity (Wildman–Crippen MR) is 283 cm³/mol. The standard InChI is InChI=1S/C58H87N3O14/c1-14-46-58(10,67)51(64)35(4)48(62)33(2)29-57(9,69-13)53(36(5)50(37(6)54(66)73-46)74-47-30-56(8,68-12)52(65)38(7)72-47)75-55-49(63)45(26-34(3)71-55)60(11)23-17-25-70-42-20-21-43-41(28-42)27-39(31-59-43)32-61-24-22-40-18-15-16-19-44(40)61/h15-16,18-21,27-28,31,33-38,45-47,49-53,55,63-65,67H,14,17,22-26,29-30,32H2,1-13H3/t33-,34-,35+,36+,37-,38+,45+,46-,47+,49?,50+,51-,52+,53-,55+,56-,57-,58-/m1/s1. The average Bonchev–Trinajstić information content (AvgIpc) is 3.80. The minimum atomic E-state index is -2.00. The Labute approximate surface area is 444 Å². The van der Waals surface area contributed by atoms with Crippen LogP contribution in [0.4, 0.5) is 5.69 Å². The lowest BCUT2D eigenvalue weighted by Gasteiger charge is -2.50. The van der Waals surface area contributed by atoms with E-state index in [1.165, 1.54) is 32.4 Å². The van der Waals surface area contributed by atoms with Gasteiger partial charge in [0.25, 0.3) is 0 Å². The molecule has 4 N–H and O–H groups in total. The van der Waals surface area contributed by atoms with Gasteiger partial charge in [-0.2, -0.15) is 0 Å². The summed E-state index contributed by atoms with van der Waals surface area (Å²) in [5, 5.41) is 47.9. The maximum absolute atomic E-state index is 14.5. The minimum absolute atomic E-state index is 0.0778. The number of aliphatic hydroxyl groups excluding tert-OH is 3. The zero-order valence-corrected chi connectivity index (χ0v) is 46.6. The van der Waals surface area contributed by atoms with Crippen LogP contribution in [0.1, 0.15) is 112 Å². The van der Waals surface area contributed by atoms with Gasteiger partial charge < -0.3 is 68.1 Å². The number of aromatic nitrogens is 1. The number of anilines is 1. The van der Waals surface area contributed by atoms with Crippen LogP contribution in [-0.4, -0.2) is 167 Å². The summed E-state index contributed by atoms with van der Waals surface area (Å²) >= 11 is 0. The molecule has 17 nitrogen and oxygen atoms in total. The number of nitrogens with zero attached hydrogens (tertiary/aromatic N) is 3. The van der Waals surface area contributed by atoms with Crippen molar-refractivity contribution in [3.63, 3.8) is 0 Å². The van der Waals surface area contributed by atoms with Crippen LogP contribution in [0, 0.1) is 23.7 Å². The molecule has 18 atom stereocenters. The van der Waals surface area contributed by atoms with E-state index in [-0.39, 0.29) is 31.1 Å². The van der Waals surface area contributed by atoms with Crippen molar-refractivity contribution in [3.05, 3.63) is 65.9 Å². The average molecular weight is 1050 g/mol. The summed E-state index contributed by atoms with van der Waals surface area (Å²) in [5.41, 5.74) is 0.314. The van der Waals surface area contributed by atoms with Crippen molar-refractivity contribution in [1.29, 1.82) is 0 Å². The first kappa shape index (κ1) is 58.8. The second kappa shape index (κ2) is 24.4. The van der Waals surface area contributed by atoms with Gasteiger partial charge in [0, 0.05) is 81.3 Å². The van der Waals surface area contributed by atoms with Gasteiger partial charge in [0.05, 0.1) is 59.8 Å². The minimum Gasteiger partial charge on any atom is -0.494 e. The number of carbonyl (C=O) groups is 2. The Morgan fingerprint density at radius 3 is 2.31 bits per heavy atom. The molecular weight excluding hydrogens is 963 g/mol. The van der Waals surface area contributed by atoms with Crippen molar-refractivity contribution in [2.24, 2.45) is 23.7 Å². The summed E-state index contributed by atoms with van der Waals surface area (Å²) in [6, 6.07) is 16.3. The molecule has 4 aliphatic heterocycles. The molecule has 3 aromatic rings. The van der Waals surface area contributed by atoms with Gasteiger partial charge in [0.15, 0.2) is 12.6 Å². The number of Topliss-reactive ketones (excluding diaryl/α,β-unsaturated/α-hetero) is 1. The van der Waals surface area contributed by atoms with Crippen molar-refractivity contribution >= 4 is 28.3 Å². The Morgan fingerprint density at radius 1 is 0.880 bits per heavy atom. The number of ketones is 1. The van der Waals surface area contributed by atoms with Gasteiger partial charge in [-0.15, -0.1) is 0 Å². The fourth-order valence-corrected chi connectivity index (χ4v) is 12.3. The van der Waals surface area contributed by atoms with E-state index in [2.05, 4.69) is 40.1 Å². The van der Waals surface area contributed by atoms with Crippen LogP contribution in [0.3, 0.4) is 0 Å². The molecule has 2 aromatic carbocycles. The molecule has 7 rings (SSSR count). The summed E-state index contributed by atoms with van der Waals surface area (Å²) in [5.74, 6) is -3.92. The number of likely N-dealkylation sites (N-methyl/N-ethyl adjacent to an activating group) is 1. The molecule has 0 radical (unpaired) electrons. The van der Waals surface area contributed by atoms with Gasteiger partial charge in [-0.1, -0.05) is 45.9 Å². The highest BCUT2D eigenvalue weighted by Gasteiger charge is 2.54. The molecule has 418 valence electrons. The topological polar surface area (TPSA) is 208 Å². The van der Waals surface area contributed by atoms with E-state index in [1.807, 2.05) is 52.2 Å². The van der Waals surface area contributed by atoms with E-state index in [4.69, 9.17) is 42.9 Å². The summed E-state index contributed by atoms with van der Waals surface area (Å²) < 4.78 is 51.2. The Bertz CT molecular complexity index is 2390. The number of rotatable bonds is 15. The van der Waals surface area contributed by atoms with Gasteiger partial charge in [0.2, 0.25) is 0 Å². The number of hydrogen-bond donors (Lipinski definition) is 4. The molecule has 75 heavy (non-hydrogen) atoms. The molecule has 5 heterocycles. The number of hydrogen-bond acceptors (Lipinski definition) is 17. The second-order valence-electron chi connectivity index (χ2n) is 22.8. The quantitative estimate of drug-likeness (QED) is 0.0961. The van der Waals surface area contributed by atoms with E-state index >= 15 is 0 Å². The highest BCUT2D eigenvalue weighted by molar-refractivity contribution is 5.84. The number of cyclic esters (lactones) is 1. The molecule has 3 saturated heterocycles. The summed E-state index contributed by atoms with van der Waals surface area (Å²) in [6.45, 7) is 19.9. The molecule has 0 saturated carbocycles. The summed E-state index contributed by atoms with van der Waals surface area (Å²) in [7, 11) is 4.99. The number of fused-ring (bicyclic) bond motifs is 2. The number of benzene rings is 2. The maximum Gasteiger partial charge on any atom is 0.311 e. The van der Waals surface area contributed by atoms with Crippen LogP contribution in [0.15, 0.2) is 54.7 Å². The van der Waals surface area contributed by atoms with Crippen LogP contribution < -0.4 is 9.64 Å². The molecule has 0 bridgehead atoms. The van der Waals surface area contributed by atoms with Gasteiger partial charge in [0.1, 0.15) is 35.4 Å². The van der Waals surface area contributed by atoms with E-state index in [0.717, 1.165) is 41.7 Å². The summed E-state index contributed by atoms with van der Waals surface area (Å²) in [4.78, 5) is 38.0. The third-order valence-electron chi connectivity index (χ3n) is 17.2. The Morgan fingerprint density at radius 2 is 1.60 bits per heavy atom. The third kappa shape index (κ3) is 12.9. The maximum atomic E-state index is 14.5. The first-order valence-electron chi connectivity index (χ1n) is 27.2. The zero-order chi connectivity index (χ0) is 54.7. The van der Waals surface area contributed by atoms with E-state index < -0.39 is 108 Å². The SMILES string of the molecule is CC[C@H]1OC(=O)[C@H](C)[C@@H](O[C@H]2C[C@@](C)(OC)[C@@H](O)[C@H](C)O2)[C@H](C)[C@@H](O[C@@H]2O[C@H](C)C[C@H](N(C)CCCOc3ccc4ncc(CN5CCc6ccccc65)cc4c3)C2O)[C@](C)(OC)C[C@@H](C)C(=O)[C@H](C)[C@@H](O)[C@]1(C)O. The van der Waals surface area contributed by atoms with Crippen molar-refractivity contribution in [1.82, 2.24) is 9.88 Å².